The molecule has 19 heavy (non-hydrogen) atoms. The van der Waals surface area contributed by atoms with Gasteiger partial charge >= 0.3 is 0 Å². The van der Waals surface area contributed by atoms with Crippen LogP contribution in [0.3, 0.4) is 0 Å². The Labute approximate surface area is 120 Å². The van der Waals surface area contributed by atoms with Crippen LogP contribution in [-0.4, -0.2) is 19.8 Å². The SMILES string of the molecule is COc1cc(CCCN)c(Cl)cc1OC1CCCC1. The van der Waals surface area contributed by atoms with Gasteiger partial charge in [-0.15, -0.1) is 0 Å². The molecule has 3 nitrogen and oxygen atoms in total. The van der Waals surface area contributed by atoms with Crippen molar-refractivity contribution in [2.45, 2.75) is 44.6 Å². The second-order valence-electron chi connectivity index (χ2n) is 5.01. The Morgan fingerprint density at radius 2 is 2.00 bits per heavy atom. The Morgan fingerprint density at radius 3 is 2.63 bits per heavy atom. The molecule has 0 unspecified atom stereocenters. The van der Waals surface area contributed by atoms with Gasteiger partial charge in [-0.3, -0.25) is 0 Å². The van der Waals surface area contributed by atoms with Crippen LogP contribution in [0.4, 0.5) is 0 Å². The molecule has 2 rings (SSSR count). The lowest BCUT2D eigenvalue weighted by Gasteiger charge is -2.17. The van der Waals surface area contributed by atoms with Crippen LogP contribution in [0.2, 0.25) is 5.02 Å². The lowest BCUT2D eigenvalue weighted by molar-refractivity contribution is 0.200. The highest BCUT2D eigenvalue weighted by Crippen LogP contribution is 2.36. The zero-order valence-electron chi connectivity index (χ0n) is 11.5. The van der Waals surface area contributed by atoms with E-state index in [2.05, 4.69) is 0 Å². The Balaban J connectivity index is 2.15. The van der Waals surface area contributed by atoms with Gasteiger partial charge in [0.25, 0.3) is 0 Å². The van der Waals surface area contributed by atoms with Crippen molar-refractivity contribution < 1.29 is 9.47 Å². The maximum Gasteiger partial charge on any atom is 0.163 e. The van der Waals surface area contributed by atoms with Gasteiger partial charge in [-0.25, -0.2) is 0 Å². The number of methoxy groups -OCH3 is 1. The molecule has 0 radical (unpaired) electrons. The normalized spacial score (nSPS) is 15.7. The van der Waals surface area contributed by atoms with Crippen LogP contribution in [-0.2, 0) is 6.42 Å². The zero-order chi connectivity index (χ0) is 13.7. The summed E-state index contributed by atoms with van der Waals surface area (Å²) in [6.45, 7) is 0.666. The van der Waals surface area contributed by atoms with Gasteiger partial charge < -0.3 is 15.2 Å². The molecule has 2 N–H and O–H groups in total. The molecule has 0 saturated heterocycles. The van der Waals surface area contributed by atoms with E-state index >= 15 is 0 Å². The molecule has 0 heterocycles. The first-order valence-corrected chi connectivity index (χ1v) is 7.35. The van der Waals surface area contributed by atoms with Gasteiger partial charge in [0.2, 0.25) is 0 Å². The second kappa shape index (κ2) is 7.01. The molecule has 1 aliphatic rings. The van der Waals surface area contributed by atoms with Crippen LogP contribution in [0, 0.1) is 0 Å². The minimum absolute atomic E-state index is 0.305. The molecule has 0 amide bonds. The number of halogens is 1. The molecule has 4 heteroatoms. The van der Waals surface area contributed by atoms with E-state index in [9.17, 15) is 0 Å². The topological polar surface area (TPSA) is 44.5 Å². The summed E-state index contributed by atoms with van der Waals surface area (Å²) < 4.78 is 11.4. The number of rotatable bonds is 6. The van der Waals surface area contributed by atoms with Crippen molar-refractivity contribution in [3.05, 3.63) is 22.7 Å². The van der Waals surface area contributed by atoms with Crippen LogP contribution in [0.5, 0.6) is 11.5 Å². The quantitative estimate of drug-likeness (QED) is 0.868. The van der Waals surface area contributed by atoms with Gasteiger partial charge in [-0.1, -0.05) is 11.6 Å². The summed E-state index contributed by atoms with van der Waals surface area (Å²) >= 11 is 6.30. The van der Waals surface area contributed by atoms with Gasteiger partial charge in [-0.2, -0.15) is 0 Å². The highest BCUT2D eigenvalue weighted by atomic mass is 35.5. The van der Waals surface area contributed by atoms with Gasteiger partial charge in [0.05, 0.1) is 13.2 Å². The summed E-state index contributed by atoms with van der Waals surface area (Å²) in [4.78, 5) is 0. The Bertz CT molecular complexity index is 417. The van der Waals surface area contributed by atoms with Crippen molar-refractivity contribution in [2.24, 2.45) is 5.73 Å². The summed E-state index contributed by atoms with van der Waals surface area (Å²) in [5, 5.41) is 0.738. The lowest BCUT2D eigenvalue weighted by Crippen LogP contribution is -2.12. The van der Waals surface area contributed by atoms with Gasteiger partial charge in [0.1, 0.15) is 0 Å². The third kappa shape index (κ3) is 3.77. The van der Waals surface area contributed by atoms with Gasteiger partial charge in [-0.05, 0) is 56.7 Å². The molecule has 1 fully saturated rings. The summed E-state index contributed by atoms with van der Waals surface area (Å²) in [5.74, 6) is 1.53. The van der Waals surface area contributed by atoms with Crippen LogP contribution in [0.25, 0.3) is 0 Å². The third-order valence-electron chi connectivity index (χ3n) is 3.58. The molecule has 0 atom stereocenters. The minimum Gasteiger partial charge on any atom is -0.493 e. The number of aryl methyl sites for hydroxylation is 1. The number of hydrogen-bond acceptors (Lipinski definition) is 3. The average molecular weight is 284 g/mol. The van der Waals surface area contributed by atoms with E-state index < -0.39 is 0 Å². The summed E-state index contributed by atoms with van der Waals surface area (Å²) in [6.07, 6.45) is 6.83. The van der Waals surface area contributed by atoms with E-state index in [0.717, 1.165) is 47.8 Å². The molecule has 1 aliphatic carbocycles. The van der Waals surface area contributed by atoms with Crippen molar-refractivity contribution in [3.8, 4) is 11.5 Å². The van der Waals surface area contributed by atoms with E-state index in [4.69, 9.17) is 26.8 Å². The third-order valence-corrected chi connectivity index (χ3v) is 3.93. The second-order valence-corrected chi connectivity index (χ2v) is 5.42. The van der Waals surface area contributed by atoms with Crippen molar-refractivity contribution in [2.75, 3.05) is 13.7 Å². The Kier molecular flexibility index (Phi) is 5.34. The smallest absolute Gasteiger partial charge is 0.163 e. The van der Waals surface area contributed by atoms with Crippen LogP contribution in [0.15, 0.2) is 12.1 Å². The van der Waals surface area contributed by atoms with E-state index in [1.165, 1.54) is 12.8 Å². The maximum atomic E-state index is 6.30. The zero-order valence-corrected chi connectivity index (χ0v) is 12.2. The minimum atomic E-state index is 0.305. The number of benzene rings is 1. The molecular formula is C15H22ClNO2. The summed E-state index contributed by atoms with van der Waals surface area (Å²) in [5.41, 5.74) is 6.61. The fourth-order valence-electron chi connectivity index (χ4n) is 2.50. The van der Waals surface area contributed by atoms with Crippen molar-refractivity contribution in [1.29, 1.82) is 0 Å². The average Bonchev–Trinajstić information content (AvgIpc) is 2.91. The fourth-order valence-corrected chi connectivity index (χ4v) is 2.75. The molecule has 0 aliphatic heterocycles. The first kappa shape index (κ1) is 14.5. The molecule has 1 aromatic rings. The molecule has 106 valence electrons. The predicted molar refractivity (Wildman–Crippen MR) is 78.3 cm³/mol. The monoisotopic (exact) mass is 283 g/mol. The van der Waals surface area contributed by atoms with E-state index in [1.54, 1.807) is 7.11 Å². The van der Waals surface area contributed by atoms with Crippen LogP contribution < -0.4 is 15.2 Å². The highest BCUT2D eigenvalue weighted by molar-refractivity contribution is 6.31. The molecule has 1 saturated carbocycles. The molecule has 0 aromatic heterocycles. The van der Waals surface area contributed by atoms with Gasteiger partial charge in [0, 0.05) is 11.1 Å². The lowest BCUT2D eigenvalue weighted by atomic mass is 10.1. The first-order valence-electron chi connectivity index (χ1n) is 6.97. The Morgan fingerprint density at radius 1 is 1.26 bits per heavy atom. The van der Waals surface area contributed by atoms with Crippen molar-refractivity contribution >= 4 is 11.6 Å². The Hall–Kier alpha value is -0.930. The van der Waals surface area contributed by atoms with Crippen LogP contribution >= 0.6 is 11.6 Å². The highest BCUT2D eigenvalue weighted by Gasteiger charge is 2.19. The first-order chi connectivity index (χ1) is 9.24. The largest absolute Gasteiger partial charge is 0.493 e. The summed E-state index contributed by atoms with van der Waals surface area (Å²) in [6, 6.07) is 3.85. The number of nitrogens with two attached hydrogens (primary N) is 1. The van der Waals surface area contributed by atoms with E-state index in [1.807, 2.05) is 12.1 Å². The summed E-state index contributed by atoms with van der Waals surface area (Å²) in [7, 11) is 1.66. The predicted octanol–water partition coefficient (Wildman–Crippen LogP) is 3.56. The molecule has 1 aromatic carbocycles. The number of ether oxygens (including phenoxy) is 2. The van der Waals surface area contributed by atoms with Crippen molar-refractivity contribution in [3.63, 3.8) is 0 Å². The molecule has 0 bridgehead atoms. The molecular weight excluding hydrogens is 262 g/mol. The number of hydrogen-bond donors (Lipinski definition) is 1. The van der Waals surface area contributed by atoms with Gasteiger partial charge in [0.15, 0.2) is 11.5 Å². The van der Waals surface area contributed by atoms with E-state index in [-0.39, 0.29) is 0 Å². The fraction of sp³-hybridized carbons (Fsp3) is 0.600. The molecule has 0 spiro atoms. The van der Waals surface area contributed by atoms with Crippen molar-refractivity contribution in [1.82, 2.24) is 0 Å². The van der Waals surface area contributed by atoms with E-state index in [0.29, 0.717) is 12.6 Å². The van der Waals surface area contributed by atoms with Crippen LogP contribution in [0.1, 0.15) is 37.7 Å². The maximum absolute atomic E-state index is 6.30. The standard InChI is InChI=1S/C15H22ClNO2/c1-18-14-9-11(5-4-8-17)13(16)10-15(14)19-12-6-2-3-7-12/h9-10,12H,2-8,17H2,1H3.